The third-order valence-electron chi connectivity index (χ3n) is 8.23. The maximum atomic E-state index is 13.2. The second-order valence-electron chi connectivity index (χ2n) is 11.5. The molecule has 1 aliphatic heterocycles. The van der Waals surface area contributed by atoms with Crippen molar-refractivity contribution in [3.63, 3.8) is 0 Å². The molecule has 0 aliphatic carbocycles. The first-order valence-corrected chi connectivity index (χ1v) is 16.9. The van der Waals surface area contributed by atoms with Gasteiger partial charge in [-0.1, -0.05) is 43.7 Å². The fourth-order valence-corrected chi connectivity index (χ4v) is 6.59. The number of thioether (sulfide) groups is 1. The van der Waals surface area contributed by atoms with Gasteiger partial charge in [0.15, 0.2) is 10.9 Å². The van der Waals surface area contributed by atoms with Gasteiger partial charge in [0.2, 0.25) is 11.7 Å². The first-order chi connectivity index (χ1) is 22.0. The second kappa shape index (κ2) is 15.8. The number of hydrogen-bond acceptors (Lipinski definition) is 7. The van der Waals surface area contributed by atoms with E-state index in [1.54, 1.807) is 25.1 Å². The molecule has 1 aliphatic rings. The molecular weight excluding hydrogens is 586 g/mol. The smallest absolute Gasteiger partial charge is 0.254 e. The zero-order valence-electron chi connectivity index (χ0n) is 26.5. The molecule has 1 unspecified atom stereocenters. The predicted octanol–water partition coefficient (Wildman–Crippen LogP) is 6.90. The van der Waals surface area contributed by atoms with Crippen LogP contribution in [-0.2, 0) is 11.2 Å². The van der Waals surface area contributed by atoms with E-state index in [0.717, 1.165) is 47.2 Å². The molecule has 2 amide bonds. The Morgan fingerprint density at radius 3 is 2.47 bits per heavy atom. The number of rotatable bonds is 14. The summed E-state index contributed by atoms with van der Waals surface area (Å²) in [7, 11) is 1.64. The van der Waals surface area contributed by atoms with Crippen molar-refractivity contribution in [1.29, 1.82) is 0 Å². The molecule has 2 aromatic heterocycles. The zero-order chi connectivity index (χ0) is 31.6. The van der Waals surface area contributed by atoms with Gasteiger partial charge in [-0.3, -0.25) is 14.2 Å². The van der Waals surface area contributed by atoms with Crippen LogP contribution >= 0.6 is 11.8 Å². The molecule has 9 nitrogen and oxygen atoms in total. The van der Waals surface area contributed by atoms with Gasteiger partial charge in [-0.2, -0.15) is 0 Å². The first-order valence-electron chi connectivity index (χ1n) is 15.9. The van der Waals surface area contributed by atoms with Gasteiger partial charge in [0, 0.05) is 43.4 Å². The third kappa shape index (κ3) is 8.16. The highest BCUT2D eigenvalue weighted by atomic mass is 32.2. The van der Waals surface area contributed by atoms with Crippen molar-refractivity contribution in [1.82, 2.24) is 24.6 Å². The van der Waals surface area contributed by atoms with Crippen molar-refractivity contribution in [2.24, 2.45) is 0 Å². The molecule has 238 valence electrons. The van der Waals surface area contributed by atoms with E-state index in [-0.39, 0.29) is 17.9 Å². The standard InChI is InChI=1S/C35H43N5O4S/c1-4-5-6-10-27-13-15-28(16-14-27)34(42)39-22-21-38(25-26(39)2)32(41)12-7-8-24-45-35-37-36-33(31-11-9-23-44-31)40(35)29-17-19-30(43-3)20-18-29/h9,11,13-20,23,26H,4-8,10,12,21-22,24-25H2,1-3H3. The molecule has 2 aromatic carbocycles. The van der Waals surface area contributed by atoms with E-state index in [1.165, 1.54) is 24.8 Å². The Morgan fingerprint density at radius 2 is 1.78 bits per heavy atom. The highest BCUT2D eigenvalue weighted by Gasteiger charge is 2.30. The van der Waals surface area contributed by atoms with Gasteiger partial charge in [0.1, 0.15) is 5.75 Å². The number of ether oxygens (including phenoxy) is 1. The van der Waals surface area contributed by atoms with Gasteiger partial charge < -0.3 is 19.0 Å². The zero-order valence-corrected chi connectivity index (χ0v) is 27.3. The van der Waals surface area contributed by atoms with Crippen molar-refractivity contribution in [2.45, 2.75) is 70.0 Å². The van der Waals surface area contributed by atoms with Crippen molar-refractivity contribution in [3.8, 4) is 23.0 Å². The summed E-state index contributed by atoms with van der Waals surface area (Å²) in [6.07, 6.45) is 8.42. The van der Waals surface area contributed by atoms with E-state index in [2.05, 4.69) is 29.3 Å². The van der Waals surface area contributed by atoms with E-state index in [0.29, 0.717) is 37.6 Å². The molecule has 3 heterocycles. The van der Waals surface area contributed by atoms with Crippen molar-refractivity contribution < 1.29 is 18.7 Å². The largest absolute Gasteiger partial charge is 0.497 e. The summed E-state index contributed by atoms with van der Waals surface area (Å²) in [5.41, 5.74) is 2.91. The number of unbranched alkanes of at least 4 members (excludes halogenated alkanes) is 3. The Bertz CT molecular complexity index is 1520. The Balaban J connectivity index is 1.09. The lowest BCUT2D eigenvalue weighted by molar-refractivity contribution is -0.133. The van der Waals surface area contributed by atoms with Crippen LogP contribution in [0.25, 0.3) is 17.3 Å². The SMILES string of the molecule is CCCCCc1ccc(C(=O)N2CCN(C(=O)CCCCSc3nnc(-c4ccco4)n3-c3ccc(OC)cc3)CC2C)cc1. The molecule has 10 heteroatoms. The van der Waals surface area contributed by atoms with Crippen molar-refractivity contribution >= 4 is 23.6 Å². The molecule has 1 atom stereocenters. The Labute approximate surface area is 270 Å². The van der Waals surface area contributed by atoms with Crippen molar-refractivity contribution in [3.05, 3.63) is 78.1 Å². The topological polar surface area (TPSA) is 93.7 Å². The fraction of sp³-hybridized carbons (Fsp3) is 0.429. The second-order valence-corrected chi connectivity index (χ2v) is 12.5. The van der Waals surface area contributed by atoms with Gasteiger partial charge in [0.05, 0.1) is 19.1 Å². The van der Waals surface area contributed by atoms with Crippen LogP contribution in [0, 0.1) is 0 Å². The van der Waals surface area contributed by atoms with E-state index in [4.69, 9.17) is 9.15 Å². The van der Waals surface area contributed by atoms with E-state index >= 15 is 0 Å². The number of carbonyl (C=O) groups is 2. The maximum Gasteiger partial charge on any atom is 0.254 e. The molecule has 1 saturated heterocycles. The van der Waals surface area contributed by atoms with Crippen LogP contribution in [0.2, 0.25) is 0 Å². The van der Waals surface area contributed by atoms with Gasteiger partial charge in [-0.15, -0.1) is 10.2 Å². The number of carbonyl (C=O) groups excluding carboxylic acids is 2. The number of furan rings is 1. The van der Waals surface area contributed by atoms with E-state index in [1.807, 2.05) is 69.8 Å². The molecule has 0 N–H and O–H groups in total. The van der Waals surface area contributed by atoms with Gasteiger partial charge in [0.25, 0.3) is 5.91 Å². The Morgan fingerprint density at radius 1 is 0.978 bits per heavy atom. The molecule has 4 aromatic rings. The van der Waals surface area contributed by atoms with Crippen LogP contribution < -0.4 is 4.74 Å². The van der Waals surface area contributed by atoms with Crippen LogP contribution in [-0.4, -0.2) is 74.9 Å². The lowest BCUT2D eigenvalue weighted by atomic mass is 10.0. The number of hydrogen-bond donors (Lipinski definition) is 0. The van der Waals surface area contributed by atoms with Crippen LogP contribution in [0.1, 0.15) is 68.3 Å². The molecule has 0 radical (unpaired) electrons. The summed E-state index contributed by atoms with van der Waals surface area (Å²) in [6.45, 7) is 5.92. The summed E-state index contributed by atoms with van der Waals surface area (Å²) in [5, 5.41) is 9.61. The number of methoxy groups -OCH3 is 1. The van der Waals surface area contributed by atoms with Crippen LogP contribution in [0.4, 0.5) is 0 Å². The van der Waals surface area contributed by atoms with Gasteiger partial charge in [-0.25, -0.2) is 0 Å². The highest BCUT2D eigenvalue weighted by molar-refractivity contribution is 7.99. The first kappa shape index (κ1) is 32.3. The molecule has 0 saturated carbocycles. The summed E-state index contributed by atoms with van der Waals surface area (Å²) in [6, 6.07) is 19.5. The summed E-state index contributed by atoms with van der Waals surface area (Å²) >= 11 is 1.61. The predicted molar refractivity (Wildman–Crippen MR) is 177 cm³/mol. The minimum atomic E-state index is -0.0253. The monoisotopic (exact) mass is 629 g/mol. The number of nitrogens with zero attached hydrogens (tertiary/aromatic N) is 5. The summed E-state index contributed by atoms with van der Waals surface area (Å²) in [5.74, 6) is 3.05. The van der Waals surface area contributed by atoms with Crippen LogP contribution in [0.3, 0.4) is 0 Å². The molecule has 45 heavy (non-hydrogen) atoms. The van der Waals surface area contributed by atoms with Crippen LogP contribution in [0.15, 0.2) is 76.5 Å². The number of benzene rings is 2. The quantitative estimate of drug-likeness (QED) is 0.111. The van der Waals surface area contributed by atoms with E-state index in [9.17, 15) is 9.59 Å². The van der Waals surface area contributed by atoms with Crippen LogP contribution in [0.5, 0.6) is 5.75 Å². The minimum absolute atomic E-state index is 0.0253. The summed E-state index contributed by atoms with van der Waals surface area (Å²) in [4.78, 5) is 30.1. The summed E-state index contributed by atoms with van der Waals surface area (Å²) < 4.78 is 12.9. The number of amides is 2. The van der Waals surface area contributed by atoms with E-state index < -0.39 is 0 Å². The maximum absolute atomic E-state index is 13.2. The Hall–Kier alpha value is -4.05. The minimum Gasteiger partial charge on any atom is -0.497 e. The average molecular weight is 630 g/mol. The average Bonchev–Trinajstić information content (AvgIpc) is 3.75. The third-order valence-corrected chi connectivity index (χ3v) is 9.25. The lowest BCUT2D eigenvalue weighted by Crippen LogP contribution is -2.55. The highest BCUT2D eigenvalue weighted by Crippen LogP contribution is 2.30. The molecule has 0 bridgehead atoms. The molecule has 1 fully saturated rings. The molecule has 5 rings (SSSR count). The molecular formula is C35H43N5O4S. The van der Waals surface area contributed by atoms with Gasteiger partial charge in [-0.05, 0) is 86.7 Å². The number of piperazine rings is 1. The van der Waals surface area contributed by atoms with Gasteiger partial charge >= 0.3 is 0 Å². The van der Waals surface area contributed by atoms with Crippen molar-refractivity contribution in [2.75, 3.05) is 32.5 Å². The molecule has 0 spiro atoms. The normalized spacial score (nSPS) is 15.0. The number of aryl methyl sites for hydroxylation is 1. The number of aromatic nitrogens is 3. The Kier molecular flexibility index (Phi) is 11.4. The lowest BCUT2D eigenvalue weighted by Gasteiger charge is -2.40. The fourth-order valence-electron chi connectivity index (χ4n) is 5.64.